The quantitative estimate of drug-likeness (QED) is 0.938. The number of nitrogens with one attached hydrogen (secondary N) is 1. The largest absolute Gasteiger partial charge is 0.381 e. The van der Waals surface area contributed by atoms with E-state index in [-0.39, 0.29) is 5.56 Å². The van der Waals surface area contributed by atoms with Crippen molar-refractivity contribution in [3.05, 3.63) is 34.4 Å². The molecule has 1 aromatic carbocycles. The van der Waals surface area contributed by atoms with Gasteiger partial charge in [0.15, 0.2) is 0 Å². The fourth-order valence-corrected chi connectivity index (χ4v) is 3.62. The van der Waals surface area contributed by atoms with Crippen molar-refractivity contribution in [2.45, 2.75) is 23.8 Å². The van der Waals surface area contributed by atoms with E-state index in [2.05, 4.69) is 9.97 Å². The number of benzene rings is 1. The Balaban J connectivity index is 1.82. The molecule has 0 bridgehead atoms. The molecule has 2 aromatic rings. The summed E-state index contributed by atoms with van der Waals surface area (Å²) in [5.41, 5.74) is 1.75. The Morgan fingerprint density at radius 1 is 1.36 bits per heavy atom. The average molecular weight is 319 g/mol. The summed E-state index contributed by atoms with van der Waals surface area (Å²) >= 11 is 1.86. The van der Waals surface area contributed by atoms with Gasteiger partial charge in [0.25, 0.3) is 5.56 Å². The van der Waals surface area contributed by atoms with E-state index in [4.69, 9.17) is 4.74 Å². The standard InChI is InChI=1S/C16H21N3O2S/c1-19(2)11-3-4-13-14(9-11)17-15(18-16(13)20)10-22-12-5-7-21-8-6-12/h3-4,9,12H,5-8,10H2,1-2H3,(H,17,18,20). The van der Waals surface area contributed by atoms with Crippen LogP contribution in [0, 0.1) is 0 Å². The zero-order chi connectivity index (χ0) is 15.5. The van der Waals surface area contributed by atoms with Crippen LogP contribution in [0.5, 0.6) is 0 Å². The summed E-state index contributed by atoms with van der Waals surface area (Å²) < 4.78 is 5.37. The topological polar surface area (TPSA) is 58.2 Å². The van der Waals surface area contributed by atoms with Gasteiger partial charge in [-0.25, -0.2) is 4.98 Å². The molecular weight excluding hydrogens is 298 g/mol. The Bertz CT molecular complexity index is 708. The van der Waals surface area contributed by atoms with E-state index in [0.717, 1.165) is 48.8 Å². The summed E-state index contributed by atoms with van der Waals surface area (Å²) in [5.74, 6) is 1.49. The molecule has 1 aliphatic heterocycles. The highest BCUT2D eigenvalue weighted by Gasteiger charge is 2.15. The molecule has 0 atom stereocenters. The molecule has 2 heterocycles. The van der Waals surface area contributed by atoms with E-state index >= 15 is 0 Å². The molecule has 1 N–H and O–H groups in total. The van der Waals surface area contributed by atoms with Gasteiger partial charge in [-0.3, -0.25) is 4.79 Å². The Labute approximate surface area is 134 Å². The van der Waals surface area contributed by atoms with Gasteiger partial charge in [0.05, 0.1) is 16.7 Å². The molecular formula is C16H21N3O2S. The second-order valence-electron chi connectivity index (χ2n) is 5.73. The summed E-state index contributed by atoms with van der Waals surface area (Å²) in [6.45, 7) is 1.68. The lowest BCUT2D eigenvalue weighted by molar-refractivity contribution is 0.1000. The molecule has 118 valence electrons. The van der Waals surface area contributed by atoms with Crippen molar-refractivity contribution in [2.24, 2.45) is 0 Å². The maximum absolute atomic E-state index is 12.2. The van der Waals surface area contributed by atoms with E-state index in [9.17, 15) is 4.79 Å². The minimum atomic E-state index is -0.0575. The zero-order valence-corrected chi connectivity index (χ0v) is 13.8. The Morgan fingerprint density at radius 2 is 2.14 bits per heavy atom. The predicted octanol–water partition coefficient (Wildman–Crippen LogP) is 2.40. The summed E-state index contributed by atoms with van der Waals surface area (Å²) in [4.78, 5) is 21.7. The van der Waals surface area contributed by atoms with Gasteiger partial charge in [-0.1, -0.05) is 0 Å². The van der Waals surface area contributed by atoms with Crippen LogP contribution in [0.15, 0.2) is 23.0 Å². The van der Waals surface area contributed by atoms with Crippen LogP contribution in [-0.4, -0.2) is 42.5 Å². The van der Waals surface area contributed by atoms with Gasteiger partial charge in [-0.2, -0.15) is 11.8 Å². The third-order valence-electron chi connectivity index (χ3n) is 3.88. The van der Waals surface area contributed by atoms with Crippen molar-refractivity contribution in [3.63, 3.8) is 0 Å². The molecule has 0 radical (unpaired) electrons. The number of hydrogen-bond acceptors (Lipinski definition) is 5. The molecule has 1 aromatic heterocycles. The number of anilines is 1. The first-order valence-corrected chi connectivity index (χ1v) is 8.58. The molecule has 0 spiro atoms. The van der Waals surface area contributed by atoms with Gasteiger partial charge in [-0.15, -0.1) is 0 Å². The van der Waals surface area contributed by atoms with E-state index in [0.29, 0.717) is 10.6 Å². The highest BCUT2D eigenvalue weighted by Crippen LogP contribution is 2.25. The first kappa shape index (κ1) is 15.4. The lowest BCUT2D eigenvalue weighted by Crippen LogP contribution is -2.18. The number of hydrogen-bond donors (Lipinski definition) is 1. The molecule has 0 unspecified atom stereocenters. The molecule has 0 aliphatic carbocycles. The van der Waals surface area contributed by atoms with Gasteiger partial charge in [0, 0.05) is 38.2 Å². The molecule has 1 aliphatic rings. The summed E-state index contributed by atoms with van der Waals surface area (Å²) in [6, 6.07) is 5.74. The van der Waals surface area contributed by atoms with E-state index in [1.165, 1.54) is 0 Å². The number of fused-ring (bicyclic) bond motifs is 1. The van der Waals surface area contributed by atoms with Gasteiger partial charge in [0.1, 0.15) is 5.82 Å². The molecule has 6 heteroatoms. The van der Waals surface area contributed by atoms with E-state index in [1.807, 2.05) is 49.0 Å². The second-order valence-corrected chi connectivity index (χ2v) is 7.02. The highest BCUT2D eigenvalue weighted by molar-refractivity contribution is 7.99. The van der Waals surface area contributed by atoms with Crippen LogP contribution < -0.4 is 10.5 Å². The van der Waals surface area contributed by atoms with Crippen LogP contribution >= 0.6 is 11.8 Å². The third kappa shape index (κ3) is 3.44. The second kappa shape index (κ2) is 6.71. The summed E-state index contributed by atoms with van der Waals surface area (Å²) in [7, 11) is 3.96. The molecule has 0 amide bonds. The minimum Gasteiger partial charge on any atom is -0.381 e. The number of ether oxygens (including phenoxy) is 1. The molecule has 22 heavy (non-hydrogen) atoms. The molecule has 3 rings (SSSR count). The van der Waals surface area contributed by atoms with Gasteiger partial charge in [-0.05, 0) is 31.0 Å². The fourth-order valence-electron chi connectivity index (χ4n) is 2.56. The molecule has 1 saturated heterocycles. The number of aromatic amines is 1. The Hall–Kier alpha value is -1.53. The van der Waals surface area contributed by atoms with Crippen molar-refractivity contribution >= 4 is 28.4 Å². The van der Waals surface area contributed by atoms with E-state index in [1.54, 1.807) is 0 Å². The minimum absolute atomic E-state index is 0.0575. The lowest BCUT2D eigenvalue weighted by Gasteiger charge is -2.21. The maximum Gasteiger partial charge on any atom is 0.258 e. The van der Waals surface area contributed by atoms with Gasteiger partial charge < -0.3 is 14.6 Å². The van der Waals surface area contributed by atoms with Crippen LogP contribution in [-0.2, 0) is 10.5 Å². The van der Waals surface area contributed by atoms with Crippen LogP contribution in [0.4, 0.5) is 5.69 Å². The number of rotatable bonds is 4. The van der Waals surface area contributed by atoms with Crippen molar-refractivity contribution in [3.8, 4) is 0 Å². The zero-order valence-electron chi connectivity index (χ0n) is 13.0. The van der Waals surface area contributed by atoms with Crippen molar-refractivity contribution in [2.75, 3.05) is 32.2 Å². The molecule has 0 saturated carbocycles. The third-order valence-corrected chi connectivity index (χ3v) is 5.26. The first-order valence-electron chi connectivity index (χ1n) is 7.53. The number of aromatic nitrogens is 2. The fraction of sp³-hybridized carbons (Fsp3) is 0.500. The van der Waals surface area contributed by atoms with Crippen LogP contribution in [0.25, 0.3) is 10.9 Å². The van der Waals surface area contributed by atoms with E-state index < -0.39 is 0 Å². The number of thioether (sulfide) groups is 1. The SMILES string of the molecule is CN(C)c1ccc2c(=O)[nH]c(CSC3CCOCC3)nc2c1. The van der Waals surface area contributed by atoms with Crippen molar-refractivity contribution in [1.82, 2.24) is 9.97 Å². The predicted molar refractivity (Wildman–Crippen MR) is 91.8 cm³/mol. The Kier molecular flexibility index (Phi) is 4.69. The smallest absolute Gasteiger partial charge is 0.258 e. The molecule has 1 fully saturated rings. The monoisotopic (exact) mass is 319 g/mol. The number of H-pyrrole nitrogens is 1. The van der Waals surface area contributed by atoms with Crippen LogP contribution in [0.3, 0.4) is 0 Å². The van der Waals surface area contributed by atoms with Crippen LogP contribution in [0.1, 0.15) is 18.7 Å². The van der Waals surface area contributed by atoms with Crippen molar-refractivity contribution in [1.29, 1.82) is 0 Å². The summed E-state index contributed by atoms with van der Waals surface area (Å²) in [6.07, 6.45) is 2.15. The molecule has 5 nitrogen and oxygen atoms in total. The number of nitrogens with zero attached hydrogens (tertiary/aromatic N) is 2. The summed E-state index contributed by atoms with van der Waals surface area (Å²) in [5, 5.41) is 1.24. The van der Waals surface area contributed by atoms with Gasteiger partial charge in [0.2, 0.25) is 0 Å². The lowest BCUT2D eigenvalue weighted by atomic mass is 10.2. The Morgan fingerprint density at radius 3 is 2.86 bits per heavy atom. The maximum atomic E-state index is 12.2. The highest BCUT2D eigenvalue weighted by atomic mass is 32.2. The van der Waals surface area contributed by atoms with Crippen LogP contribution in [0.2, 0.25) is 0 Å². The first-order chi connectivity index (χ1) is 10.6. The average Bonchev–Trinajstić information content (AvgIpc) is 2.53. The normalized spacial score (nSPS) is 16.1. The van der Waals surface area contributed by atoms with Gasteiger partial charge >= 0.3 is 0 Å². The van der Waals surface area contributed by atoms with Crippen molar-refractivity contribution < 1.29 is 4.74 Å².